The molecule has 3 atom stereocenters. The quantitative estimate of drug-likeness (QED) is 0.121. The van der Waals surface area contributed by atoms with E-state index in [1.165, 1.54) is 6.92 Å². The van der Waals surface area contributed by atoms with Gasteiger partial charge in [0.25, 0.3) is 5.91 Å². The molecule has 3 aromatic carbocycles. The summed E-state index contributed by atoms with van der Waals surface area (Å²) in [7, 11) is 0. The van der Waals surface area contributed by atoms with E-state index in [1.54, 1.807) is 0 Å². The van der Waals surface area contributed by atoms with Crippen molar-refractivity contribution in [2.75, 3.05) is 13.1 Å². The Kier molecular flexibility index (Phi) is 15.9. The van der Waals surface area contributed by atoms with Gasteiger partial charge in [-0.15, -0.1) is 0 Å². The summed E-state index contributed by atoms with van der Waals surface area (Å²) in [6.07, 6.45) is 1.03. The van der Waals surface area contributed by atoms with E-state index in [2.05, 4.69) is 16.0 Å². The van der Waals surface area contributed by atoms with Gasteiger partial charge in [0.1, 0.15) is 6.61 Å². The molecule has 0 spiro atoms. The highest BCUT2D eigenvalue weighted by Gasteiger charge is 2.29. The molecule has 0 fully saturated rings. The van der Waals surface area contributed by atoms with Gasteiger partial charge in [0, 0.05) is 24.8 Å². The van der Waals surface area contributed by atoms with E-state index >= 15 is 0 Å². The highest BCUT2D eigenvalue weighted by Crippen LogP contribution is 2.18. The smallest absolute Gasteiger partial charge is 0.306 e. The Morgan fingerprint density at radius 3 is 1.82 bits per heavy atom. The highest BCUT2D eigenvalue weighted by atomic mass is 16.5. The van der Waals surface area contributed by atoms with Gasteiger partial charge in [0.05, 0.1) is 19.0 Å². The van der Waals surface area contributed by atoms with Gasteiger partial charge in [0.15, 0.2) is 5.78 Å². The normalized spacial score (nSPS) is 12.7. The first kappa shape index (κ1) is 38.3. The van der Waals surface area contributed by atoms with Gasteiger partial charge in [-0.1, -0.05) is 105 Å². The maximum absolute atomic E-state index is 13.1. The molecule has 49 heavy (non-hydrogen) atoms. The molecule has 3 amide bonds. The second kappa shape index (κ2) is 20.3. The van der Waals surface area contributed by atoms with E-state index in [1.807, 2.05) is 105 Å². The number of carbonyl (C=O) groups excluding carboxylic acids is 6. The van der Waals surface area contributed by atoms with Crippen molar-refractivity contribution < 1.29 is 33.5 Å². The summed E-state index contributed by atoms with van der Waals surface area (Å²) in [6, 6.07) is 27.0. The van der Waals surface area contributed by atoms with Crippen LogP contribution in [0, 0.1) is 17.8 Å². The molecule has 0 aliphatic rings. The minimum Gasteiger partial charge on any atom is -0.461 e. The fourth-order valence-electron chi connectivity index (χ4n) is 5.33. The van der Waals surface area contributed by atoms with Crippen molar-refractivity contribution in [1.29, 1.82) is 0 Å². The van der Waals surface area contributed by atoms with E-state index in [9.17, 15) is 28.8 Å². The van der Waals surface area contributed by atoms with Crippen LogP contribution in [0.1, 0.15) is 56.7 Å². The molecule has 260 valence electrons. The number of amides is 3. The number of ketones is 2. The molecule has 3 rings (SSSR count). The number of ether oxygens (including phenoxy) is 1. The van der Waals surface area contributed by atoms with Crippen molar-refractivity contribution in [2.45, 2.75) is 65.5 Å². The Labute approximate surface area is 288 Å². The number of hydrogen-bond acceptors (Lipinski definition) is 7. The fourth-order valence-corrected chi connectivity index (χ4v) is 5.33. The van der Waals surface area contributed by atoms with Crippen LogP contribution >= 0.6 is 0 Å². The maximum atomic E-state index is 13.1. The lowest BCUT2D eigenvalue weighted by atomic mass is 9.93. The van der Waals surface area contributed by atoms with Crippen LogP contribution in [0.5, 0.6) is 0 Å². The summed E-state index contributed by atoms with van der Waals surface area (Å²) >= 11 is 0. The monoisotopic (exact) mass is 669 g/mol. The molecule has 10 heteroatoms. The lowest BCUT2D eigenvalue weighted by Gasteiger charge is -2.20. The molecular weight excluding hydrogens is 622 g/mol. The molecule has 3 unspecified atom stereocenters. The van der Waals surface area contributed by atoms with Gasteiger partial charge in [-0.3, -0.25) is 28.8 Å². The summed E-state index contributed by atoms with van der Waals surface area (Å²) in [5.41, 5.74) is 2.79. The van der Waals surface area contributed by atoms with E-state index < -0.39 is 53.8 Å². The van der Waals surface area contributed by atoms with Gasteiger partial charge >= 0.3 is 5.97 Å². The summed E-state index contributed by atoms with van der Waals surface area (Å²) in [5, 5.41) is 7.80. The van der Waals surface area contributed by atoms with Gasteiger partial charge in [-0.25, -0.2) is 0 Å². The Hall–Kier alpha value is -5.12. The maximum Gasteiger partial charge on any atom is 0.306 e. The number of esters is 1. The number of rotatable bonds is 20. The Morgan fingerprint density at radius 2 is 1.22 bits per heavy atom. The van der Waals surface area contributed by atoms with Crippen LogP contribution in [-0.2, 0) is 53.0 Å². The number of hydrogen-bond donors (Lipinski definition) is 3. The zero-order valence-corrected chi connectivity index (χ0v) is 28.5. The average molecular weight is 670 g/mol. The van der Waals surface area contributed by atoms with E-state index in [0.717, 1.165) is 16.7 Å². The molecule has 3 aromatic rings. The molecule has 0 aromatic heterocycles. The molecule has 0 bridgehead atoms. The van der Waals surface area contributed by atoms with Gasteiger partial charge in [-0.2, -0.15) is 0 Å². The van der Waals surface area contributed by atoms with Crippen LogP contribution in [0.4, 0.5) is 0 Å². The largest absolute Gasteiger partial charge is 0.461 e. The minimum absolute atomic E-state index is 0.0784. The highest BCUT2D eigenvalue weighted by molar-refractivity contribution is 6.38. The van der Waals surface area contributed by atoms with E-state index in [4.69, 9.17) is 4.74 Å². The van der Waals surface area contributed by atoms with Crippen molar-refractivity contribution in [3.05, 3.63) is 108 Å². The van der Waals surface area contributed by atoms with Crippen LogP contribution < -0.4 is 16.0 Å². The van der Waals surface area contributed by atoms with Gasteiger partial charge < -0.3 is 20.7 Å². The molecule has 0 aliphatic heterocycles. The van der Waals surface area contributed by atoms with Crippen molar-refractivity contribution in [3.63, 3.8) is 0 Å². The van der Waals surface area contributed by atoms with E-state index in [-0.39, 0.29) is 31.3 Å². The Balaban J connectivity index is 1.50. The average Bonchev–Trinajstić information content (AvgIpc) is 3.09. The number of Topliss-reactive ketones (excluding diaryl/α,β-unsaturated/α-hetero) is 2. The van der Waals surface area contributed by atoms with Gasteiger partial charge in [-0.05, 0) is 48.8 Å². The first-order valence-electron chi connectivity index (χ1n) is 16.7. The molecule has 0 heterocycles. The number of nitrogens with one attached hydrogen (secondary N) is 3. The lowest BCUT2D eigenvalue weighted by Crippen LogP contribution is -2.48. The van der Waals surface area contributed by atoms with Crippen molar-refractivity contribution in [3.8, 4) is 0 Å². The summed E-state index contributed by atoms with van der Waals surface area (Å²) in [4.78, 5) is 77.2. The third-order valence-electron chi connectivity index (χ3n) is 7.93. The van der Waals surface area contributed by atoms with Crippen LogP contribution in [-0.4, -0.2) is 54.4 Å². The van der Waals surface area contributed by atoms with Crippen LogP contribution in [0.25, 0.3) is 0 Å². The zero-order chi connectivity index (χ0) is 35.6. The SMILES string of the molecule is CC(C)CC(CC(=O)OCc1ccccc1)C(=O)NC(C)C(=O)C(=O)NCC(=O)CC(Cc1ccccc1)C(=O)NCCc1ccccc1. The summed E-state index contributed by atoms with van der Waals surface area (Å²) < 4.78 is 5.34. The second-order valence-electron chi connectivity index (χ2n) is 12.6. The third kappa shape index (κ3) is 14.3. The first-order chi connectivity index (χ1) is 23.5. The van der Waals surface area contributed by atoms with Crippen molar-refractivity contribution >= 4 is 35.3 Å². The minimum atomic E-state index is -1.20. The predicted octanol–water partition coefficient (Wildman–Crippen LogP) is 4.15. The molecule has 10 nitrogen and oxygen atoms in total. The molecule has 0 radical (unpaired) electrons. The van der Waals surface area contributed by atoms with Crippen LogP contribution in [0.3, 0.4) is 0 Å². The lowest BCUT2D eigenvalue weighted by molar-refractivity contribution is -0.148. The predicted molar refractivity (Wildman–Crippen MR) is 186 cm³/mol. The fraction of sp³-hybridized carbons (Fsp3) is 0.385. The Morgan fingerprint density at radius 1 is 0.653 bits per heavy atom. The number of carbonyl (C=O) groups is 6. The molecule has 0 saturated heterocycles. The molecule has 3 N–H and O–H groups in total. The van der Waals surface area contributed by atoms with Crippen LogP contribution in [0.15, 0.2) is 91.0 Å². The standard InChI is InChI=1S/C39H47N3O7/c1-27(2)21-32(24-35(44)49-26-31-17-11-6-12-18-31)38(47)42-28(3)36(45)39(48)41-25-34(43)23-33(22-30-15-9-5-10-16-30)37(46)40-20-19-29-13-7-4-8-14-29/h4-18,27-28,32-33H,19-26H2,1-3H3,(H,40,46)(H,41,48)(H,42,47). The molecule has 0 saturated carbocycles. The Bertz CT molecular complexity index is 1530. The third-order valence-corrected chi connectivity index (χ3v) is 7.93. The number of benzene rings is 3. The topological polar surface area (TPSA) is 148 Å². The first-order valence-corrected chi connectivity index (χ1v) is 16.7. The van der Waals surface area contributed by atoms with Crippen LogP contribution in [0.2, 0.25) is 0 Å². The van der Waals surface area contributed by atoms with E-state index in [0.29, 0.717) is 25.8 Å². The van der Waals surface area contributed by atoms with Gasteiger partial charge in [0.2, 0.25) is 17.6 Å². The van der Waals surface area contributed by atoms with Crippen molar-refractivity contribution in [2.24, 2.45) is 17.8 Å². The zero-order valence-electron chi connectivity index (χ0n) is 28.5. The summed E-state index contributed by atoms with van der Waals surface area (Å²) in [5.74, 6) is -5.10. The van der Waals surface area contributed by atoms with Crippen molar-refractivity contribution in [1.82, 2.24) is 16.0 Å². The molecular formula is C39H47N3O7. The molecule has 0 aliphatic carbocycles. The summed E-state index contributed by atoms with van der Waals surface area (Å²) in [6.45, 7) is 5.23. The second-order valence-corrected chi connectivity index (χ2v) is 12.6.